The molecule has 0 atom stereocenters. The molecule has 82 valence electrons. The molecule has 0 aliphatic heterocycles. The van der Waals surface area contributed by atoms with Crippen LogP contribution in [-0.4, -0.2) is 9.97 Å². The van der Waals surface area contributed by atoms with E-state index >= 15 is 0 Å². The maximum absolute atomic E-state index is 5.56. The summed E-state index contributed by atoms with van der Waals surface area (Å²) in [5.74, 6) is 1.16. The van der Waals surface area contributed by atoms with Gasteiger partial charge in [-0.2, -0.15) is 0 Å². The molecule has 2 rings (SSSR count). The Morgan fingerprint density at radius 2 is 2.06 bits per heavy atom. The summed E-state index contributed by atoms with van der Waals surface area (Å²) in [7, 11) is 0. The Balaban J connectivity index is 2.02. The minimum atomic E-state index is 0.484. The van der Waals surface area contributed by atoms with Gasteiger partial charge < -0.3 is 5.73 Å². The van der Waals surface area contributed by atoms with E-state index in [0.29, 0.717) is 11.6 Å². The van der Waals surface area contributed by atoms with E-state index in [1.54, 1.807) is 12.3 Å². The van der Waals surface area contributed by atoms with Crippen LogP contribution in [-0.2, 0) is 0 Å². The Morgan fingerprint density at radius 1 is 1.19 bits per heavy atom. The van der Waals surface area contributed by atoms with Gasteiger partial charge in [-0.1, -0.05) is 6.07 Å². The molecule has 5 heteroatoms. The van der Waals surface area contributed by atoms with Gasteiger partial charge >= 0.3 is 0 Å². The summed E-state index contributed by atoms with van der Waals surface area (Å²) in [6.07, 6.45) is 1.74. The highest BCUT2D eigenvalue weighted by Gasteiger charge is 1.95. The molecule has 5 nitrogen and oxygen atoms in total. The molecule has 0 fully saturated rings. The van der Waals surface area contributed by atoms with E-state index in [9.17, 15) is 0 Å². The smallest absolute Gasteiger partial charge is 0.146 e. The summed E-state index contributed by atoms with van der Waals surface area (Å²) >= 11 is 0. The molecule has 0 aromatic carbocycles. The zero-order valence-corrected chi connectivity index (χ0v) is 8.94. The maximum Gasteiger partial charge on any atom is 0.146 e. The van der Waals surface area contributed by atoms with Gasteiger partial charge in [-0.3, -0.25) is 15.8 Å². The van der Waals surface area contributed by atoms with Crippen molar-refractivity contribution in [1.29, 1.82) is 0 Å². The van der Waals surface area contributed by atoms with E-state index in [0.717, 1.165) is 11.4 Å². The number of aryl methyl sites for hydroxylation is 1. The molecule has 0 unspecified atom stereocenters. The second-order valence-corrected chi connectivity index (χ2v) is 3.38. The summed E-state index contributed by atoms with van der Waals surface area (Å²) < 4.78 is 0. The second kappa shape index (κ2) is 4.48. The molecule has 2 aromatic rings. The number of aromatic nitrogens is 2. The number of rotatable bonds is 3. The Hall–Kier alpha value is -2.30. The van der Waals surface area contributed by atoms with E-state index in [1.165, 1.54) is 0 Å². The fourth-order valence-corrected chi connectivity index (χ4v) is 1.28. The van der Waals surface area contributed by atoms with Crippen LogP contribution in [0, 0.1) is 6.92 Å². The highest BCUT2D eigenvalue weighted by atomic mass is 15.4. The fourth-order valence-electron chi connectivity index (χ4n) is 1.28. The Kier molecular flexibility index (Phi) is 2.86. The van der Waals surface area contributed by atoms with Crippen molar-refractivity contribution in [3.63, 3.8) is 0 Å². The van der Waals surface area contributed by atoms with Gasteiger partial charge in [0.1, 0.15) is 11.6 Å². The molecule has 0 saturated heterocycles. The fraction of sp³-hybridized carbons (Fsp3) is 0.0909. The third-order valence-electron chi connectivity index (χ3n) is 2.00. The molecule has 0 aliphatic rings. The first-order valence-corrected chi connectivity index (χ1v) is 4.91. The molecular formula is C11H13N5. The van der Waals surface area contributed by atoms with Crippen molar-refractivity contribution in [2.75, 3.05) is 16.6 Å². The molecule has 0 spiro atoms. The third-order valence-corrected chi connectivity index (χ3v) is 2.00. The van der Waals surface area contributed by atoms with Gasteiger partial charge in [0.05, 0.1) is 5.69 Å². The number of hydrogen-bond donors (Lipinski definition) is 3. The lowest BCUT2D eigenvalue weighted by Gasteiger charge is -2.09. The zero-order chi connectivity index (χ0) is 11.4. The van der Waals surface area contributed by atoms with Crippen LogP contribution in [0.1, 0.15) is 5.69 Å². The van der Waals surface area contributed by atoms with Gasteiger partial charge in [0.25, 0.3) is 0 Å². The monoisotopic (exact) mass is 215 g/mol. The third kappa shape index (κ3) is 2.60. The molecule has 2 heterocycles. The second-order valence-electron chi connectivity index (χ2n) is 3.38. The van der Waals surface area contributed by atoms with Crippen molar-refractivity contribution in [3.05, 3.63) is 42.2 Å². The van der Waals surface area contributed by atoms with Gasteiger partial charge in [0.2, 0.25) is 0 Å². The predicted octanol–water partition coefficient (Wildman–Crippen LogP) is 1.81. The van der Waals surface area contributed by atoms with Crippen LogP contribution >= 0.6 is 0 Å². The first-order valence-electron chi connectivity index (χ1n) is 4.91. The minimum Gasteiger partial charge on any atom is -0.384 e. The first kappa shape index (κ1) is 10.2. The molecular weight excluding hydrogens is 202 g/mol. The van der Waals surface area contributed by atoms with Crippen LogP contribution in [0.15, 0.2) is 36.5 Å². The van der Waals surface area contributed by atoms with Crippen LogP contribution in [0.25, 0.3) is 0 Å². The number of nitrogen functional groups attached to an aromatic ring is 1. The number of nitrogens with two attached hydrogens (primary N) is 1. The van der Waals surface area contributed by atoms with E-state index < -0.39 is 0 Å². The largest absolute Gasteiger partial charge is 0.384 e. The maximum atomic E-state index is 5.56. The lowest BCUT2D eigenvalue weighted by molar-refractivity contribution is 1.19. The zero-order valence-electron chi connectivity index (χ0n) is 8.94. The minimum absolute atomic E-state index is 0.484. The van der Waals surface area contributed by atoms with Crippen LogP contribution in [0.5, 0.6) is 0 Å². The van der Waals surface area contributed by atoms with Gasteiger partial charge in [-0.05, 0) is 31.2 Å². The van der Waals surface area contributed by atoms with E-state index in [-0.39, 0.29) is 0 Å². The lowest BCUT2D eigenvalue weighted by atomic mass is 10.3. The van der Waals surface area contributed by atoms with Gasteiger partial charge in [0.15, 0.2) is 0 Å². The summed E-state index contributed by atoms with van der Waals surface area (Å²) in [4.78, 5) is 8.20. The Morgan fingerprint density at radius 3 is 2.81 bits per heavy atom. The molecule has 2 aromatic heterocycles. The molecule has 0 saturated carbocycles. The van der Waals surface area contributed by atoms with Gasteiger partial charge in [-0.25, -0.2) is 4.98 Å². The average molecular weight is 215 g/mol. The van der Waals surface area contributed by atoms with Crippen LogP contribution in [0.2, 0.25) is 0 Å². The van der Waals surface area contributed by atoms with Gasteiger partial charge in [0, 0.05) is 11.9 Å². The molecule has 4 N–H and O–H groups in total. The highest BCUT2D eigenvalue weighted by molar-refractivity contribution is 5.50. The Labute approximate surface area is 93.7 Å². The van der Waals surface area contributed by atoms with Crippen molar-refractivity contribution in [3.8, 4) is 0 Å². The summed E-state index contributed by atoms with van der Waals surface area (Å²) in [6, 6.07) is 9.20. The molecule has 0 radical (unpaired) electrons. The summed E-state index contributed by atoms with van der Waals surface area (Å²) in [5, 5.41) is 0. The number of hydrogen-bond acceptors (Lipinski definition) is 5. The van der Waals surface area contributed by atoms with E-state index in [4.69, 9.17) is 5.73 Å². The van der Waals surface area contributed by atoms with Crippen molar-refractivity contribution in [1.82, 2.24) is 9.97 Å². The molecule has 16 heavy (non-hydrogen) atoms. The topological polar surface area (TPSA) is 75.9 Å². The van der Waals surface area contributed by atoms with Crippen molar-refractivity contribution in [2.24, 2.45) is 0 Å². The lowest BCUT2D eigenvalue weighted by Crippen LogP contribution is -2.10. The standard InChI is InChI=1S/C11H13N5/c1-8-7-9(5-6-13-8)15-16-11-4-2-3-10(12)14-11/h2-7H,1H3,(H,13,15)(H3,12,14,16). The Bertz CT molecular complexity index is 438. The normalized spacial score (nSPS) is 9.81. The predicted molar refractivity (Wildman–Crippen MR) is 64.9 cm³/mol. The number of anilines is 3. The number of pyridine rings is 2. The number of hydrazine groups is 1. The number of nitrogens with one attached hydrogen (secondary N) is 2. The van der Waals surface area contributed by atoms with Crippen molar-refractivity contribution in [2.45, 2.75) is 6.92 Å². The van der Waals surface area contributed by atoms with E-state index in [1.807, 2.05) is 31.2 Å². The highest BCUT2D eigenvalue weighted by Crippen LogP contribution is 2.09. The molecule has 0 aliphatic carbocycles. The van der Waals surface area contributed by atoms with Gasteiger partial charge in [-0.15, -0.1) is 0 Å². The van der Waals surface area contributed by atoms with E-state index in [2.05, 4.69) is 20.8 Å². The first-order chi connectivity index (χ1) is 7.74. The summed E-state index contributed by atoms with van der Waals surface area (Å²) in [6.45, 7) is 1.93. The van der Waals surface area contributed by atoms with Crippen molar-refractivity contribution < 1.29 is 0 Å². The van der Waals surface area contributed by atoms with Crippen molar-refractivity contribution >= 4 is 17.3 Å². The average Bonchev–Trinajstić information content (AvgIpc) is 2.27. The molecule has 0 amide bonds. The summed E-state index contributed by atoms with van der Waals surface area (Å²) in [5.41, 5.74) is 13.4. The van der Waals surface area contributed by atoms with Crippen LogP contribution < -0.4 is 16.6 Å². The quantitative estimate of drug-likeness (QED) is 0.681. The van der Waals surface area contributed by atoms with Crippen LogP contribution in [0.4, 0.5) is 17.3 Å². The number of nitrogens with zero attached hydrogens (tertiary/aromatic N) is 2. The SMILES string of the molecule is Cc1cc(NNc2cccc(N)n2)ccn1. The van der Waals surface area contributed by atoms with Crippen LogP contribution in [0.3, 0.4) is 0 Å². The molecule has 0 bridgehead atoms.